The van der Waals surface area contributed by atoms with Crippen molar-refractivity contribution in [3.63, 3.8) is 0 Å². The van der Waals surface area contributed by atoms with Crippen molar-refractivity contribution in [1.29, 1.82) is 0 Å². The summed E-state index contributed by atoms with van der Waals surface area (Å²) < 4.78 is 4.48. The van der Waals surface area contributed by atoms with E-state index in [1.807, 2.05) is 6.07 Å². The Balaban J connectivity index is 2.05. The smallest absolute Gasteiger partial charge is 0.240 e. The van der Waals surface area contributed by atoms with E-state index < -0.39 is 0 Å². The van der Waals surface area contributed by atoms with Crippen LogP contribution in [0, 0.1) is 0 Å². The van der Waals surface area contributed by atoms with Gasteiger partial charge in [0.1, 0.15) is 16.9 Å². The lowest BCUT2D eigenvalue weighted by Crippen LogP contribution is -2.31. The molecule has 0 unspecified atom stereocenters. The van der Waals surface area contributed by atoms with Crippen LogP contribution >= 0.6 is 0 Å². The molecule has 4 rings (SSSR count). The molecule has 0 radical (unpaired) electrons. The van der Waals surface area contributed by atoms with Crippen LogP contribution in [0.2, 0.25) is 0 Å². The molecular formula is C22H28N5+. The Labute approximate surface area is 159 Å². The summed E-state index contributed by atoms with van der Waals surface area (Å²) in [7, 11) is 2.13. The highest BCUT2D eigenvalue weighted by Crippen LogP contribution is 2.29. The van der Waals surface area contributed by atoms with Gasteiger partial charge in [-0.3, -0.25) is 0 Å². The summed E-state index contributed by atoms with van der Waals surface area (Å²) in [5.74, 6) is 0.984. The quantitative estimate of drug-likeness (QED) is 0.521. The van der Waals surface area contributed by atoms with Crippen molar-refractivity contribution >= 4 is 27.9 Å². The number of anilines is 1. The minimum atomic E-state index is 0.0148. The topological polar surface area (TPSA) is 63.5 Å². The highest BCUT2D eigenvalue weighted by atomic mass is 15.0. The summed E-state index contributed by atoms with van der Waals surface area (Å²) in [5.41, 5.74) is 14.0. The fraction of sp³-hybridized carbons (Fsp3) is 0.364. The van der Waals surface area contributed by atoms with Gasteiger partial charge >= 0.3 is 0 Å². The molecule has 140 valence electrons. The molecule has 5 heteroatoms. The van der Waals surface area contributed by atoms with E-state index in [1.54, 1.807) is 0 Å². The normalized spacial score (nSPS) is 12.6. The van der Waals surface area contributed by atoms with E-state index in [1.165, 1.54) is 16.7 Å². The molecule has 4 aromatic heterocycles. The molecule has 0 fully saturated rings. The molecule has 0 aliphatic rings. The summed E-state index contributed by atoms with van der Waals surface area (Å²) in [6.45, 7) is 11.0. The number of hydrogen-bond acceptors (Lipinski definition) is 2. The lowest BCUT2D eigenvalue weighted by molar-refractivity contribution is -0.565. The number of aromatic amines is 1. The number of aryl methyl sites for hydroxylation is 1. The zero-order valence-corrected chi connectivity index (χ0v) is 17.0. The van der Waals surface area contributed by atoms with E-state index >= 15 is 0 Å². The first-order chi connectivity index (χ1) is 12.7. The molecule has 4 aromatic rings. The molecule has 4 heterocycles. The van der Waals surface area contributed by atoms with Crippen molar-refractivity contribution < 1.29 is 4.57 Å². The molecule has 0 amide bonds. The fourth-order valence-corrected chi connectivity index (χ4v) is 3.78. The van der Waals surface area contributed by atoms with Gasteiger partial charge in [0.25, 0.3) is 0 Å². The van der Waals surface area contributed by atoms with Crippen LogP contribution in [-0.4, -0.2) is 14.5 Å². The number of aromatic nitrogens is 4. The van der Waals surface area contributed by atoms with Crippen LogP contribution in [0.15, 0.2) is 36.5 Å². The Morgan fingerprint density at radius 1 is 1.19 bits per heavy atom. The van der Waals surface area contributed by atoms with Crippen molar-refractivity contribution in [1.82, 2.24) is 14.5 Å². The zero-order valence-electron chi connectivity index (χ0n) is 17.0. The molecule has 0 aliphatic heterocycles. The summed E-state index contributed by atoms with van der Waals surface area (Å²) in [6, 6.07) is 10.6. The van der Waals surface area contributed by atoms with Gasteiger partial charge in [0.2, 0.25) is 11.2 Å². The maximum Gasteiger partial charge on any atom is 0.240 e. The monoisotopic (exact) mass is 362 g/mol. The van der Waals surface area contributed by atoms with Gasteiger partial charge in [0.15, 0.2) is 6.20 Å². The summed E-state index contributed by atoms with van der Waals surface area (Å²) in [5, 5.41) is 0. The second kappa shape index (κ2) is 5.84. The number of nitrogens with zero attached hydrogens (tertiary/aromatic N) is 3. The van der Waals surface area contributed by atoms with E-state index in [4.69, 9.17) is 5.73 Å². The fourth-order valence-electron chi connectivity index (χ4n) is 3.78. The summed E-state index contributed by atoms with van der Waals surface area (Å²) in [4.78, 5) is 8.15. The Morgan fingerprint density at radius 3 is 2.59 bits per heavy atom. The molecule has 0 bridgehead atoms. The van der Waals surface area contributed by atoms with Gasteiger partial charge in [-0.15, -0.1) is 0 Å². The lowest BCUT2D eigenvalue weighted by Gasteiger charge is -2.15. The summed E-state index contributed by atoms with van der Waals surface area (Å²) in [6.07, 6.45) is 2.10. The van der Waals surface area contributed by atoms with Gasteiger partial charge in [-0.1, -0.05) is 34.6 Å². The number of hydrogen-bond donors (Lipinski definition) is 2. The van der Waals surface area contributed by atoms with Gasteiger partial charge in [-0.05, 0) is 18.1 Å². The lowest BCUT2D eigenvalue weighted by atomic mass is 9.93. The number of fused-ring (bicyclic) bond motifs is 2. The molecule has 3 N–H and O–H groups in total. The van der Waals surface area contributed by atoms with Crippen molar-refractivity contribution in [2.45, 2.75) is 46.0 Å². The molecule has 0 spiro atoms. The Bertz CT molecular complexity index is 1160. The van der Waals surface area contributed by atoms with Crippen molar-refractivity contribution in [2.75, 3.05) is 5.73 Å². The van der Waals surface area contributed by atoms with Gasteiger partial charge in [-0.2, -0.15) is 4.57 Å². The van der Waals surface area contributed by atoms with Crippen LogP contribution in [0.5, 0.6) is 0 Å². The van der Waals surface area contributed by atoms with Crippen LogP contribution in [-0.2, 0) is 12.5 Å². The predicted molar refractivity (Wildman–Crippen MR) is 111 cm³/mol. The highest BCUT2D eigenvalue weighted by molar-refractivity contribution is 5.86. The SMILES string of the molecule is CC(C)c1cc2c(ccc[n+]2-c2cc(N)nc3cc(C(C)(C)C)[nH]c23)n1C. The van der Waals surface area contributed by atoms with E-state index in [-0.39, 0.29) is 5.41 Å². The molecular weight excluding hydrogens is 334 g/mol. The summed E-state index contributed by atoms with van der Waals surface area (Å²) >= 11 is 0. The van der Waals surface area contributed by atoms with Gasteiger partial charge in [0, 0.05) is 36.0 Å². The first kappa shape index (κ1) is 17.6. The van der Waals surface area contributed by atoms with Crippen molar-refractivity contribution in [3.8, 4) is 5.69 Å². The third-order valence-corrected chi connectivity index (χ3v) is 5.29. The number of nitrogen functional groups attached to an aromatic ring is 1. The average Bonchev–Trinajstić information content (AvgIpc) is 3.15. The molecule has 0 saturated heterocycles. The second-order valence-electron chi connectivity index (χ2n) is 8.69. The number of nitrogens with one attached hydrogen (secondary N) is 1. The maximum absolute atomic E-state index is 6.16. The van der Waals surface area contributed by atoms with Gasteiger partial charge < -0.3 is 15.3 Å². The average molecular weight is 363 g/mol. The van der Waals surface area contributed by atoms with Crippen molar-refractivity contribution in [3.05, 3.63) is 47.9 Å². The molecule has 27 heavy (non-hydrogen) atoms. The minimum absolute atomic E-state index is 0.0148. The minimum Gasteiger partial charge on any atom is -0.383 e. The third kappa shape index (κ3) is 2.78. The van der Waals surface area contributed by atoms with E-state index in [0.29, 0.717) is 11.7 Å². The first-order valence-electron chi connectivity index (χ1n) is 9.47. The maximum atomic E-state index is 6.16. The zero-order chi connectivity index (χ0) is 19.5. The van der Waals surface area contributed by atoms with Gasteiger partial charge in [-0.25, -0.2) is 4.98 Å². The van der Waals surface area contributed by atoms with Crippen molar-refractivity contribution in [2.24, 2.45) is 7.05 Å². The second-order valence-corrected chi connectivity index (χ2v) is 8.69. The van der Waals surface area contributed by atoms with Crippen LogP contribution < -0.4 is 10.3 Å². The molecule has 0 aliphatic carbocycles. The van der Waals surface area contributed by atoms with Gasteiger partial charge in [0.05, 0.1) is 11.6 Å². The van der Waals surface area contributed by atoms with Crippen LogP contribution in [0.4, 0.5) is 5.82 Å². The Kier molecular flexibility index (Phi) is 3.81. The number of nitrogens with two attached hydrogens (primary N) is 1. The van der Waals surface area contributed by atoms with Crippen LogP contribution in [0.25, 0.3) is 27.8 Å². The largest absolute Gasteiger partial charge is 0.383 e. The van der Waals surface area contributed by atoms with E-state index in [0.717, 1.165) is 22.4 Å². The standard InChI is InChI=1S/C22H28N5/c1-13(2)16-11-17-15(26(16)6)8-7-9-27(17)18-12-20(23)24-14-10-19(22(3,4)5)25-21(14)18/h7-13,25H,1-6H3,(H2,23,24)/q+1. The predicted octanol–water partition coefficient (Wildman–Crippen LogP) is 4.33. The third-order valence-electron chi connectivity index (χ3n) is 5.29. The van der Waals surface area contributed by atoms with E-state index in [2.05, 4.69) is 91.2 Å². The van der Waals surface area contributed by atoms with Crippen LogP contribution in [0.3, 0.4) is 0 Å². The molecule has 0 atom stereocenters. The van der Waals surface area contributed by atoms with Crippen LogP contribution in [0.1, 0.15) is 51.9 Å². The molecule has 0 aromatic carbocycles. The Morgan fingerprint density at radius 2 is 1.93 bits per heavy atom. The number of pyridine rings is 2. The first-order valence-corrected chi connectivity index (χ1v) is 9.47. The molecule has 5 nitrogen and oxygen atoms in total. The number of H-pyrrole nitrogens is 1. The molecule has 0 saturated carbocycles. The Hall–Kier alpha value is -2.82. The number of rotatable bonds is 2. The van der Waals surface area contributed by atoms with E-state index in [9.17, 15) is 0 Å². The highest BCUT2D eigenvalue weighted by Gasteiger charge is 2.24.